The number of fused-ring (bicyclic) bond motifs is 5. The molecule has 0 bridgehead atoms. The van der Waals surface area contributed by atoms with Crippen molar-refractivity contribution in [1.82, 2.24) is 5.32 Å². The fourth-order valence-electron chi connectivity index (χ4n) is 8.72. The molecule has 45 heavy (non-hydrogen) atoms. The quantitative estimate of drug-likeness (QED) is 0.249. The SMILES string of the molecule is CC(C)(C)NC[C@H](O)c1ccc(O)c(CO)c1.C[C@@H]1C[C@H]2[C@@H]3CCC4=CC(=O)C=C[C@]4(C)[C@@]3(F)[C@@H](O)C[C@]2(C)[C@@]1(O)C(=O)CO. The van der Waals surface area contributed by atoms with E-state index in [2.05, 4.69) is 5.32 Å². The molecule has 7 N–H and O–H groups in total. The number of aromatic hydroxyl groups is 1. The van der Waals surface area contributed by atoms with E-state index in [0.717, 1.165) is 0 Å². The number of nitrogens with one attached hydrogen (secondary N) is 1. The number of carbonyl (C=O) groups excluding carboxylic acids is 2. The number of Topliss-reactive ketones (excluding diaryl/α,β-unsaturated/α-hetero) is 1. The summed E-state index contributed by atoms with van der Waals surface area (Å²) in [6.07, 6.45) is 3.79. The molecule has 10 heteroatoms. The first-order valence-corrected chi connectivity index (χ1v) is 15.8. The number of aliphatic hydroxyl groups excluding tert-OH is 4. The van der Waals surface area contributed by atoms with Crippen molar-refractivity contribution < 1.29 is 44.6 Å². The fourth-order valence-corrected chi connectivity index (χ4v) is 8.72. The first-order chi connectivity index (χ1) is 20.8. The molecule has 4 aliphatic carbocycles. The Morgan fingerprint density at radius 1 is 1.18 bits per heavy atom. The van der Waals surface area contributed by atoms with Gasteiger partial charge in [-0.15, -0.1) is 0 Å². The first kappa shape index (κ1) is 35.4. The minimum Gasteiger partial charge on any atom is -0.508 e. The number of aliphatic hydroxyl groups is 5. The molecule has 0 unspecified atom stereocenters. The first-order valence-electron chi connectivity index (χ1n) is 15.8. The van der Waals surface area contributed by atoms with Gasteiger partial charge in [0.05, 0.1) is 18.8 Å². The van der Waals surface area contributed by atoms with Crippen LogP contribution in [0.15, 0.2) is 42.0 Å². The molecule has 0 spiro atoms. The topological polar surface area (TPSA) is 168 Å². The highest BCUT2D eigenvalue weighted by molar-refractivity contribution is 6.01. The van der Waals surface area contributed by atoms with Crippen LogP contribution in [-0.2, 0) is 16.2 Å². The van der Waals surface area contributed by atoms with Gasteiger partial charge in [-0.2, -0.15) is 0 Å². The van der Waals surface area contributed by atoms with Crippen LogP contribution < -0.4 is 5.32 Å². The van der Waals surface area contributed by atoms with E-state index in [-0.39, 0.29) is 36.0 Å². The van der Waals surface area contributed by atoms with Crippen molar-refractivity contribution in [3.8, 4) is 5.75 Å². The third-order valence-electron chi connectivity index (χ3n) is 11.3. The van der Waals surface area contributed by atoms with Gasteiger partial charge in [0, 0.05) is 34.4 Å². The molecule has 1 aromatic rings. The third kappa shape index (κ3) is 5.72. The van der Waals surface area contributed by atoms with Crippen molar-refractivity contribution in [3.63, 3.8) is 0 Å². The lowest BCUT2D eigenvalue weighted by atomic mass is 9.44. The molecule has 0 aromatic heterocycles. The number of ketones is 2. The van der Waals surface area contributed by atoms with E-state index in [1.54, 1.807) is 39.0 Å². The fraction of sp³-hybridized carbons (Fsp3) is 0.657. The number of alkyl halides is 1. The van der Waals surface area contributed by atoms with Crippen LogP contribution in [0.1, 0.15) is 84.5 Å². The van der Waals surface area contributed by atoms with Crippen LogP contribution in [0.5, 0.6) is 5.75 Å². The molecule has 9 nitrogen and oxygen atoms in total. The summed E-state index contributed by atoms with van der Waals surface area (Å²) in [6, 6.07) is 4.76. The van der Waals surface area contributed by atoms with E-state index in [1.165, 1.54) is 18.2 Å². The predicted octanol–water partition coefficient (Wildman–Crippen LogP) is 3.20. The van der Waals surface area contributed by atoms with Crippen molar-refractivity contribution in [1.29, 1.82) is 0 Å². The molecule has 250 valence electrons. The van der Waals surface area contributed by atoms with Crippen LogP contribution in [0.25, 0.3) is 0 Å². The second-order valence-corrected chi connectivity index (χ2v) is 14.9. The maximum absolute atomic E-state index is 16.9. The standard InChI is InChI=1S/C22H29FO5.C13H21NO3/c1-12-8-16-15-5-4-13-9-14(25)6-7-19(13,2)21(15,23)17(26)10-20(16,3)22(12,28)18(27)11-24;1-13(2,3)14-7-12(17)9-4-5-11(16)10(6-9)8-15/h6-7,9,12,15-17,24,26,28H,4-5,8,10-11H2,1-3H3;4-6,12,14-17H,7-8H2,1-3H3/t12-,15+,16+,17+,19+,20+,21+,22+;12-/m10/s1. The van der Waals surface area contributed by atoms with Crippen molar-refractivity contribution >= 4 is 11.6 Å². The summed E-state index contributed by atoms with van der Waals surface area (Å²) in [4.78, 5) is 24.4. The summed E-state index contributed by atoms with van der Waals surface area (Å²) in [5.74, 6) is -2.07. The number of halogens is 1. The zero-order valence-corrected chi connectivity index (χ0v) is 27.2. The Labute approximate surface area is 264 Å². The molecular weight excluding hydrogens is 581 g/mol. The second-order valence-electron chi connectivity index (χ2n) is 14.9. The van der Waals surface area contributed by atoms with Crippen molar-refractivity contribution in [2.24, 2.45) is 28.6 Å². The second kappa shape index (κ2) is 12.3. The number of benzene rings is 1. The monoisotopic (exact) mass is 631 g/mol. The zero-order valence-electron chi connectivity index (χ0n) is 27.2. The van der Waals surface area contributed by atoms with Crippen molar-refractivity contribution in [2.75, 3.05) is 13.2 Å². The average Bonchev–Trinajstić information content (AvgIpc) is 3.18. The van der Waals surface area contributed by atoms with Gasteiger partial charge in [-0.05, 0) is 95.1 Å². The van der Waals surface area contributed by atoms with Gasteiger partial charge < -0.3 is 36.0 Å². The minimum atomic E-state index is -1.98. The molecule has 5 rings (SSSR count). The molecule has 3 fully saturated rings. The van der Waals surface area contributed by atoms with Gasteiger partial charge >= 0.3 is 0 Å². The number of allylic oxidation sites excluding steroid dienone is 4. The number of hydrogen-bond donors (Lipinski definition) is 7. The molecule has 3 saturated carbocycles. The third-order valence-corrected chi connectivity index (χ3v) is 11.3. The van der Waals surface area contributed by atoms with Gasteiger partial charge in [-0.25, -0.2) is 4.39 Å². The summed E-state index contributed by atoms with van der Waals surface area (Å²) < 4.78 is 16.9. The van der Waals surface area contributed by atoms with Crippen LogP contribution in [0.3, 0.4) is 0 Å². The van der Waals surface area contributed by atoms with Crippen molar-refractivity contribution in [3.05, 3.63) is 53.1 Å². The number of rotatable bonds is 6. The van der Waals surface area contributed by atoms with E-state index in [1.807, 2.05) is 20.8 Å². The van der Waals surface area contributed by atoms with Crippen molar-refractivity contribution in [2.45, 2.75) is 103 Å². The Balaban J connectivity index is 0.000000233. The van der Waals surface area contributed by atoms with Crippen LogP contribution in [0, 0.1) is 28.6 Å². The normalized spacial score (nSPS) is 37.9. The lowest BCUT2D eigenvalue weighted by Gasteiger charge is -2.62. The average molecular weight is 632 g/mol. The van der Waals surface area contributed by atoms with Crippen LogP contribution in [-0.4, -0.2) is 78.3 Å². The highest BCUT2D eigenvalue weighted by Crippen LogP contribution is 2.70. The molecule has 9 atom stereocenters. The molecule has 0 saturated heterocycles. The molecular formula is C35H50FNO8. The van der Waals surface area contributed by atoms with Crippen LogP contribution in [0.2, 0.25) is 0 Å². The minimum absolute atomic E-state index is 0.0484. The Morgan fingerprint density at radius 3 is 2.44 bits per heavy atom. The smallest absolute Gasteiger partial charge is 0.190 e. The summed E-state index contributed by atoms with van der Waals surface area (Å²) in [5.41, 5.74) is -4.11. The van der Waals surface area contributed by atoms with Gasteiger partial charge in [-0.3, -0.25) is 9.59 Å². The maximum Gasteiger partial charge on any atom is 0.190 e. The maximum atomic E-state index is 16.9. The molecule has 4 aliphatic rings. The lowest BCUT2D eigenvalue weighted by Crippen LogP contribution is -2.69. The Bertz CT molecular complexity index is 1370. The summed E-state index contributed by atoms with van der Waals surface area (Å²) in [7, 11) is 0. The highest BCUT2D eigenvalue weighted by Gasteiger charge is 2.75. The number of phenols is 1. The summed E-state index contributed by atoms with van der Waals surface area (Å²) in [5, 5.41) is 63.6. The van der Waals surface area contributed by atoms with Crippen LogP contribution in [0.4, 0.5) is 4.39 Å². The number of hydrogen-bond acceptors (Lipinski definition) is 9. The van der Waals surface area contributed by atoms with Gasteiger partial charge in [0.15, 0.2) is 17.2 Å². The van der Waals surface area contributed by atoms with Crippen LogP contribution >= 0.6 is 0 Å². The summed E-state index contributed by atoms with van der Waals surface area (Å²) in [6.45, 7) is 10.7. The predicted molar refractivity (Wildman–Crippen MR) is 167 cm³/mol. The largest absolute Gasteiger partial charge is 0.508 e. The highest BCUT2D eigenvalue weighted by atomic mass is 19.1. The van der Waals surface area contributed by atoms with E-state index in [9.17, 15) is 35.1 Å². The van der Waals surface area contributed by atoms with Gasteiger partial charge in [0.2, 0.25) is 0 Å². The molecule has 1 aromatic carbocycles. The molecule has 0 aliphatic heterocycles. The van der Waals surface area contributed by atoms with Gasteiger partial charge in [0.1, 0.15) is 18.0 Å². The Hall–Kier alpha value is -2.47. The molecule has 0 heterocycles. The number of β-amino-alcohol motifs (C(OH)–C–C–N with tert-alkyl or cyclic N) is 1. The molecule has 0 amide bonds. The Kier molecular flexibility index (Phi) is 9.66. The van der Waals surface area contributed by atoms with Gasteiger partial charge in [0.25, 0.3) is 0 Å². The Morgan fingerprint density at radius 2 is 1.84 bits per heavy atom. The van der Waals surface area contributed by atoms with Gasteiger partial charge in [-0.1, -0.05) is 31.6 Å². The zero-order chi connectivity index (χ0) is 33.8. The number of carbonyl (C=O) groups is 2. The summed E-state index contributed by atoms with van der Waals surface area (Å²) >= 11 is 0. The van der Waals surface area contributed by atoms with E-state index >= 15 is 4.39 Å². The van der Waals surface area contributed by atoms with E-state index in [0.29, 0.717) is 42.5 Å². The lowest BCUT2D eigenvalue weighted by molar-refractivity contribution is -0.219. The van der Waals surface area contributed by atoms with E-state index in [4.69, 9.17) is 5.11 Å². The van der Waals surface area contributed by atoms with E-state index < -0.39 is 58.5 Å². The molecule has 0 radical (unpaired) electrons.